The number of aliphatic carboxylic acids is 1. The van der Waals surface area contributed by atoms with Crippen LogP contribution in [0.2, 0.25) is 0 Å². The lowest BCUT2D eigenvalue weighted by molar-refractivity contribution is -0.142. The first kappa shape index (κ1) is 14.9. The van der Waals surface area contributed by atoms with Crippen molar-refractivity contribution in [2.75, 3.05) is 19.4 Å². The molecule has 1 aromatic rings. The summed E-state index contributed by atoms with van der Waals surface area (Å²) in [7, 11) is -2.94. The molecule has 7 nitrogen and oxygen atoms in total. The average Bonchev–Trinajstić information content (AvgIpc) is 2.84. The van der Waals surface area contributed by atoms with Crippen LogP contribution in [0.25, 0.3) is 0 Å². The molecule has 0 spiro atoms. The van der Waals surface area contributed by atoms with E-state index in [4.69, 9.17) is 0 Å². The number of carboxylic acids is 1. The number of esters is 1. The fourth-order valence-corrected chi connectivity index (χ4v) is 4.52. The number of carboxylic acid groups (broad SMARTS) is 1. The molecule has 0 aromatic carbocycles. The molecule has 0 saturated heterocycles. The molecule has 2 rings (SSSR count). The first-order chi connectivity index (χ1) is 9.36. The highest BCUT2D eigenvalue weighted by Gasteiger charge is 2.41. The molecule has 1 N–H and O–H groups in total. The summed E-state index contributed by atoms with van der Waals surface area (Å²) >= 11 is 1.40. The standard InChI is InChI=1S/C11H13NO6S2/c1-18-9(13)6-20(16,17)12-4-2-8-7(3-5-19-8)10(12)11(14)15/h3,5,10H,2,4,6H2,1H3,(H,14,15). The van der Waals surface area contributed by atoms with Gasteiger partial charge in [0.05, 0.1) is 7.11 Å². The number of thiophene rings is 1. The van der Waals surface area contributed by atoms with Crippen molar-refractivity contribution in [3.63, 3.8) is 0 Å². The van der Waals surface area contributed by atoms with Crippen molar-refractivity contribution in [2.45, 2.75) is 12.5 Å². The Bertz CT molecular complexity index is 635. The first-order valence-electron chi connectivity index (χ1n) is 5.72. The number of rotatable bonds is 4. The van der Waals surface area contributed by atoms with E-state index < -0.39 is 33.8 Å². The predicted molar refractivity (Wildman–Crippen MR) is 70.9 cm³/mol. The Morgan fingerprint density at radius 2 is 2.25 bits per heavy atom. The Balaban J connectivity index is 2.37. The number of fused-ring (bicyclic) bond motifs is 1. The van der Waals surface area contributed by atoms with Gasteiger partial charge in [0.1, 0.15) is 6.04 Å². The van der Waals surface area contributed by atoms with E-state index in [1.165, 1.54) is 11.3 Å². The molecule has 0 bridgehead atoms. The van der Waals surface area contributed by atoms with Gasteiger partial charge in [-0.3, -0.25) is 9.59 Å². The van der Waals surface area contributed by atoms with Crippen molar-refractivity contribution in [2.24, 2.45) is 0 Å². The van der Waals surface area contributed by atoms with Gasteiger partial charge < -0.3 is 9.84 Å². The molecule has 0 saturated carbocycles. The first-order valence-corrected chi connectivity index (χ1v) is 8.21. The topological polar surface area (TPSA) is 101 Å². The lowest BCUT2D eigenvalue weighted by atomic mass is 10.0. The van der Waals surface area contributed by atoms with E-state index >= 15 is 0 Å². The fourth-order valence-electron chi connectivity index (χ4n) is 2.14. The molecular formula is C11H13NO6S2. The minimum Gasteiger partial charge on any atom is -0.480 e. The zero-order valence-electron chi connectivity index (χ0n) is 10.6. The maximum atomic E-state index is 12.2. The number of methoxy groups -OCH3 is 1. The second kappa shape index (κ2) is 5.51. The smallest absolute Gasteiger partial charge is 0.326 e. The average molecular weight is 319 g/mol. The van der Waals surface area contributed by atoms with E-state index in [2.05, 4.69) is 4.74 Å². The molecule has 1 atom stereocenters. The van der Waals surface area contributed by atoms with Crippen LogP contribution in [-0.4, -0.2) is 49.2 Å². The van der Waals surface area contributed by atoms with Gasteiger partial charge in [-0.15, -0.1) is 11.3 Å². The van der Waals surface area contributed by atoms with Crippen molar-refractivity contribution in [1.29, 1.82) is 0 Å². The van der Waals surface area contributed by atoms with Crippen LogP contribution < -0.4 is 0 Å². The van der Waals surface area contributed by atoms with Crippen molar-refractivity contribution in [1.82, 2.24) is 4.31 Å². The number of carbonyl (C=O) groups excluding carboxylic acids is 1. The molecule has 1 aromatic heterocycles. The number of sulfonamides is 1. The Morgan fingerprint density at radius 3 is 2.85 bits per heavy atom. The molecule has 0 radical (unpaired) electrons. The monoisotopic (exact) mass is 319 g/mol. The quantitative estimate of drug-likeness (QED) is 0.798. The van der Waals surface area contributed by atoms with Crippen LogP contribution in [0.5, 0.6) is 0 Å². The molecule has 0 amide bonds. The Kier molecular flexibility index (Phi) is 4.11. The molecule has 0 fully saturated rings. The van der Waals surface area contributed by atoms with Crippen molar-refractivity contribution < 1.29 is 27.9 Å². The molecule has 0 aliphatic carbocycles. The highest BCUT2D eigenvalue weighted by Crippen LogP contribution is 2.35. The van der Waals surface area contributed by atoms with E-state index in [9.17, 15) is 23.1 Å². The van der Waals surface area contributed by atoms with E-state index in [-0.39, 0.29) is 6.54 Å². The second-order valence-electron chi connectivity index (χ2n) is 4.23. The van der Waals surface area contributed by atoms with Gasteiger partial charge in [-0.25, -0.2) is 8.42 Å². The van der Waals surface area contributed by atoms with Gasteiger partial charge in [0.25, 0.3) is 0 Å². The van der Waals surface area contributed by atoms with Crippen molar-refractivity contribution >= 4 is 33.3 Å². The summed E-state index contributed by atoms with van der Waals surface area (Å²) in [5, 5.41) is 11.0. The van der Waals surface area contributed by atoms with Crippen LogP contribution in [0.15, 0.2) is 11.4 Å². The number of hydrogen-bond acceptors (Lipinski definition) is 6. The van der Waals surface area contributed by atoms with Gasteiger partial charge in [-0.2, -0.15) is 4.31 Å². The summed E-state index contributed by atoms with van der Waals surface area (Å²) in [6.07, 6.45) is 0.442. The molecule has 1 aliphatic heterocycles. The molecule has 1 aliphatic rings. The van der Waals surface area contributed by atoms with Crippen LogP contribution in [0.4, 0.5) is 0 Å². The maximum absolute atomic E-state index is 12.2. The number of ether oxygens (including phenoxy) is 1. The minimum atomic E-state index is -4.03. The summed E-state index contributed by atoms with van der Waals surface area (Å²) in [6.45, 7) is 0.0454. The van der Waals surface area contributed by atoms with E-state index in [0.29, 0.717) is 12.0 Å². The fraction of sp³-hybridized carbons (Fsp3) is 0.455. The minimum absolute atomic E-state index is 0.0454. The largest absolute Gasteiger partial charge is 0.480 e. The summed E-state index contributed by atoms with van der Waals surface area (Å²) in [5.41, 5.74) is 0.474. The van der Waals surface area contributed by atoms with Crippen molar-refractivity contribution in [3.8, 4) is 0 Å². The third kappa shape index (κ3) is 2.69. The summed E-state index contributed by atoms with van der Waals surface area (Å²) in [6, 6.07) is 0.332. The van der Waals surface area contributed by atoms with Gasteiger partial charge >= 0.3 is 11.9 Å². The van der Waals surface area contributed by atoms with Gasteiger partial charge in [-0.1, -0.05) is 0 Å². The molecule has 1 unspecified atom stereocenters. The summed E-state index contributed by atoms with van der Waals surface area (Å²) in [4.78, 5) is 23.4. The summed E-state index contributed by atoms with van der Waals surface area (Å²) in [5.74, 6) is -3.02. The Morgan fingerprint density at radius 1 is 1.55 bits per heavy atom. The molecule has 20 heavy (non-hydrogen) atoms. The zero-order chi connectivity index (χ0) is 14.9. The van der Waals surface area contributed by atoms with Crippen LogP contribution in [0, 0.1) is 0 Å². The van der Waals surface area contributed by atoms with Crippen LogP contribution >= 0.6 is 11.3 Å². The molecular weight excluding hydrogens is 306 g/mol. The van der Waals surface area contributed by atoms with Crippen LogP contribution in [-0.2, 0) is 30.8 Å². The number of nitrogens with zero attached hydrogens (tertiary/aromatic N) is 1. The molecule has 110 valence electrons. The van der Waals surface area contributed by atoms with Crippen LogP contribution in [0.3, 0.4) is 0 Å². The van der Waals surface area contributed by atoms with E-state index in [1.807, 2.05) is 0 Å². The SMILES string of the molecule is COC(=O)CS(=O)(=O)N1CCc2sccc2C1C(=O)O. The second-order valence-corrected chi connectivity index (χ2v) is 7.16. The van der Waals surface area contributed by atoms with Gasteiger partial charge in [0.2, 0.25) is 10.0 Å². The predicted octanol–water partition coefficient (Wildman–Crippen LogP) is 0.235. The molecule has 2 heterocycles. The van der Waals surface area contributed by atoms with Gasteiger partial charge in [0.15, 0.2) is 5.75 Å². The third-order valence-corrected chi connectivity index (χ3v) is 5.75. The van der Waals surface area contributed by atoms with Crippen molar-refractivity contribution in [3.05, 3.63) is 21.9 Å². The Labute approximate surface area is 119 Å². The lowest BCUT2D eigenvalue weighted by Gasteiger charge is -2.31. The molecule has 9 heteroatoms. The third-order valence-electron chi connectivity index (χ3n) is 3.04. The normalized spacial score (nSPS) is 19.4. The lowest BCUT2D eigenvalue weighted by Crippen LogP contribution is -2.45. The van der Waals surface area contributed by atoms with E-state index in [1.54, 1.807) is 11.4 Å². The Hall–Kier alpha value is -1.45. The number of carbonyl (C=O) groups is 2. The summed E-state index contributed by atoms with van der Waals surface area (Å²) < 4.78 is 29.5. The van der Waals surface area contributed by atoms with Crippen LogP contribution in [0.1, 0.15) is 16.5 Å². The highest BCUT2D eigenvalue weighted by atomic mass is 32.2. The van der Waals surface area contributed by atoms with E-state index in [0.717, 1.165) is 16.3 Å². The highest BCUT2D eigenvalue weighted by molar-refractivity contribution is 7.89. The van der Waals surface area contributed by atoms with Gasteiger partial charge in [-0.05, 0) is 23.4 Å². The maximum Gasteiger partial charge on any atom is 0.326 e. The zero-order valence-corrected chi connectivity index (χ0v) is 12.2. The number of hydrogen-bond donors (Lipinski definition) is 1. The van der Waals surface area contributed by atoms with Gasteiger partial charge in [0, 0.05) is 11.4 Å².